The summed E-state index contributed by atoms with van der Waals surface area (Å²) in [4.78, 5) is 16.1. The number of nitrogens with zero attached hydrogens (tertiary/aromatic N) is 2. The SMILES string of the molecule is COc1ccc(-c2noc(CCCC(=O)NCC(C)(C)N)n2)cc1. The molecule has 0 aliphatic carbocycles. The lowest BCUT2D eigenvalue weighted by atomic mass is 10.1. The van der Waals surface area contributed by atoms with Crippen LogP contribution in [0, 0.1) is 0 Å². The third-order valence-electron chi connectivity index (χ3n) is 3.35. The Hall–Kier alpha value is -2.41. The van der Waals surface area contributed by atoms with E-state index in [2.05, 4.69) is 15.5 Å². The number of methoxy groups -OCH3 is 1. The Bertz CT molecular complexity index is 659. The molecule has 24 heavy (non-hydrogen) atoms. The molecule has 0 saturated carbocycles. The highest BCUT2D eigenvalue weighted by Gasteiger charge is 2.13. The number of aromatic nitrogens is 2. The fourth-order valence-electron chi connectivity index (χ4n) is 2.03. The Morgan fingerprint density at radius 1 is 1.33 bits per heavy atom. The second kappa shape index (κ2) is 7.92. The Morgan fingerprint density at radius 2 is 2.04 bits per heavy atom. The van der Waals surface area contributed by atoms with E-state index in [0.29, 0.717) is 37.5 Å². The predicted octanol–water partition coefficient (Wildman–Crippen LogP) is 1.92. The van der Waals surface area contributed by atoms with Gasteiger partial charge in [0.05, 0.1) is 7.11 Å². The maximum absolute atomic E-state index is 11.7. The van der Waals surface area contributed by atoms with Gasteiger partial charge < -0.3 is 20.3 Å². The molecule has 7 heteroatoms. The van der Waals surface area contributed by atoms with Crippen LogP contribution in [0.1, 0.15) is 32.6 Å². The van der Waals surface area contributed by atoms with E-state index in [1.54, 1.807) is 7.11 Å². The number of nitrogens with one attached hydrogen (secondary N) is 1. The van der Waals surface area contributed by atoms with Gasteiger partial charge in [0.2, 0.25) is 17.6 Å². The van der Waals surface area contributed by atoms with Gasteiger partial charge in [-0.3, -0.25) is 4.79 Å². The number of benzene rings is 1. The number of nitrogens with two attached hydrogens (primary N) is 1. The van der Waals surface area contributed by atoms with Crippen molar-refractivity contribution < 1.29 is 14.1 Å². The summed E-state index contributed by atoms with van der Waals surface area (Å²) in [5, 5.41) is 6.77. The molecule has 0 unspecified atom stereocenters. The molecule has 0 saturated heterocycles. The zero-order valence-corrected chi connectivity index (χ0v) is 14.3. The first-order chi connectivity index (χ1) is 11.4. The van der Waals surface area contributed by atoms with Gasteiger partial charge in [-0.05, 0) is 44.5 Å². The summed E-state index contributed by atoms with van der Waals surface area (Å²) in [6.07, 6.45) is 1.60. The molecule has 1 heterocycles. The van der Waals surface area contributed by atoms with Gasteiger partial charge in [-0.1, -0.05) is 5.16 Å². The lowest BCUT2D eigenvalue weighted by Gasteiger charge is -2.18. The summed E-state index contributed by atoms with van der Waals surface area (Å²) < 4.78 is 10.3. The molecule has 0 bridgehead atoms. The Labute approximate surface area is 141 Å². The van der Waals surface area contributed by atoms with Crippen LogP contribution >= 0.6 is 0 Å². The van der Waals surface area contributed by atoms with Crippen molar-refractivity contribution in [3.05, 3.63) is 30.2 Å². The quantitative estimate of drug-likeness (QED) is 0.765. The predicted molar refractivity (Wildman–Crippen MR) is 90.5 cm³/mol. The van der Waals surface area contributed by atoms with Crippen molar-refractivity contribution >= 4 is 5.91 Å². The summed E-state index contributed by atoms with van der Waals surface area (Å²) in [5.41, 5.74) is 6.27. The van der Waals surface area contributed by atoms with Crippen LogP contribution in [0.15, 0.2) is 28.8 Å². The van der Waals surface area contributed by atoms with E-state index >= 15 is 0 Å². The highest BCUT2D eigenvalue weighted by molar-refractivity contribution is 5.75. The van der Waals surface area contributed by atoms with Crippen molar-refractivity contribution in [2.45, 2.75) is 38.6 Å². The van der Waals surface area contributed by atoms with Gasteiger partial charge in [-0.25, -0.2) is 0 Å². The van der Waals surface area contributed by atoms with Crippen molar-refractivity contribution in [2.75, 3.05) is 13.7 Å². The first-order valence-corrected chi connectivity index (χ1v) is 7.90. The van der Waals surface area contributed by atoms with Crippen molar-refractivity contribution in [3.63, 3.8) is 0 Å². The van der Waals surface area contributed by atoms with Gasteiger partial charge in [-0.15, -0.1) is 0 Å². The lowest BCUT2D eigenvalue weighted by Crippen LogP contribution is -2.45. The van der Waals surface area contributed by atoms with Crippen LogP contribution < -0.4 is 15.8 Å². The first-order valence-electron chi connectivity index (χ1n) is 7.90. The second-order valence-corrected chi connectivity index (χ2v) is 6.36. The molecule has 0 atom stereocenters. The Kier molecular flexibility index (Phi) is 5.92. The maximum atomic E-state index is 11.7. The highest BCUT2D eigenvalue weighted by atomic mass is 16.5. The second-order valence-electron chi connectivity index (χ2n) is 6.36. The van der Waals surface area contributed by atoms with Crippen LogP contribution in [0.2, 0.25) is 0 Å². The largest absolute Gasteiger partial charge is 0.497 e. The summed E-state index contributed by atoms with van der Waals surface area (Å²) >= 11 is 0. The molecule has 0 radical (unpaired) electrons. The third kappa shape index (κ3) is 5.66. The number of hydrogen-bond acceptors (Lipinski definition) is 6. The number of carbonyl (C=O) groups is 1. The Morgan fingerprint density at radius 3 is 2.67 bits per heavy atom. The third-order valence-corrected chi connectivity index (χ3v) is 3.35. The zero-order valence-electron chi connectivity index (χ0n) is 14.3. The molecule has 0 aliphatic heterocycles. The van der Waals surface area contributed by atoms with E-state index < -0.39 is 5.54 Å². The minimum atomic E-state index is -0.407. The topological polar surface area (TPSA) is 103 Å². The average Bonchev–Trinajstić information content (AvgIpc) is 3.01. The van der Waals surface area contributed by atoms with Gasteiger partial charge in [0.25, 0.3) is 0 Å². The normalized spacial score (nSPS) is 11.3. The fourth-order valence-corrected chi connectivity index (χ4v) is 2.03. The van der Waals surface area contributed by atoms with Crippen molar-refractivity contribution in [1.29, 1.82) is 0 Å². The molecule has 2 rings (SSSR count). The Balaban J connectivity index is 1.80. The average molecular weight is 332 g/mol. The van der Waals surface area contributed by atoms with E-state index in [0.717, 1.165) is 11.3 Å². The molecule has 1 aromatic heterocycles. The van der Waals surface area contributed by atoms with E-state index in [4.69, 9.17) is 15.0 Å². The standard InChI is InChI=1S/C17H24N4O3/c1-17(2,18)11-19-14(22)5-4-6-15-20-16(21-24-15)12-7-9-13(23-3)10-8-12/h7-10H,4-6,11,18H2,1-3H3,(H,19,22). The number of aryl methyl sites for hydroxylation is 1. The highest BCUT2D eigenvalue weighted by Crippen LogP contribution is 2.20. The monoisotopic (exact) mass is 332 g/mol. The van der Waals surface area contributed by atoms with Gasteiger partial charge >= 0.3 is 0 Å². The molecule has 130 valence electrons. The molecule has 7 nitrogen and oxygen atoms in total. The fraction of sp³-hybridized carbons (Fsp3) is 0.471. The molecule has 0 aliphatic rings. The van der Waals surface area contributed by atoms with Crippen molar-refractivity contribution in [2.24, 2.45) is 5.73 Å². The van der Waals surface area contributed by atoms with Crippen molar-refractivity contribution in [1.82, 2.24) is 15.5 Å². The van der Waals surface area contributed by atoms with Gasteiger partial charge in [0, 0.05) is 30.5 Å². The molecule has 2 aromatic rings. The molecular formula is C17H24N4O3. The summed E-state index contributed by atoms with van der Waals surface area (Å²) in [6, 6.07) is 7.42. The van der Waals surface area contributed by atoms with E-state index in [-0.39, 0.29) is 5.91 Å². The number of rotatable bonds is 8. The number of hydrogen-bond donors (Lipinski definition) is 2. The summed E-state index contributed by atoms with van der Waals surface area (Å²) in [5.74, 6) is 1.80. The van der Waals surface area contributed by atoms with Gasteiger partial charge in [0.1, 0.15) is 5.75 Å². The number of ether oxygens (including phenoxy) is 1. The number of amides is 1. The van der Waals surface area contributed by atoms with Gasteiger partial charge in [0.15, 0.2) is 0 Å². The van der Waals surface area contributed by atoms with Crippen LogP contribution in [0.5, 0.6) is 5.75 Å². The van der Waals surface area contributed by atoms with Crippen LogP contribution in [-0.2, 0) is 11.2 Å². The molecule has 0 spiro atoms. The van der Waals surface area contributed by atoms with Crippen LogP contribution in [0.4, 0.5) is 0 Å². The first kappa shape index (κ1) is 17.9. The molecular weight excluding hydrogens is 308 g/mol. The minimum absolute atomic E-state index is 0.0246. The van der Waals surface area contributed by atoms with Crippen molar-refractivity contribution in [3.8, 4) is 17.1 Å². The van der Waals surface area contributed by atoms with Crippen LogP contribution in [-0.4, -0.2) is 35.2 Å². The maximum Gasteiger partial charge on any atom is 0.226 e. The zero-order chi connectivity index (χ0) is 17.6. The lowest BCUT2D eigenvalue weighted by molar-refractivity contribution is -0.121. The number of carbonyl (C=O) groups excluding carboxylic acids is 1. The summed E-state index contributed by atoms with van der Waals surface area (Å²) in [6.45, 7) is 4.19. The van der Waals surface area contributed by atoms with Crippen LogP contribution in [0.3, 0.4) is 0 Å². The van der Waals surface area contributed by atoms with Gasteiger partial charge in [-0.2, -0.15) is 4.98 Å². The van der Waals surface area contributed by atoms with Crippen LogP contribution in [0.25, 0.3) is 11.4 Å². The van der Waals surface area contributed by atoms with E-state index in [1.165, 1.54) is 0 Å². The molecule has 0 fully saturated rings. The summed E-state index contributed by atoms with van der Waals surface area (Å²) in [7, 11) is 1.62. The molecule has 1 amide bonds. The smallest absolute Gasteiger partial charge is 0.226 e. The molecule has 3 N–H and O–H groups in total. The van der Waals surface area contributed by atoms with E-state index in [9.17, 15) is 4.79 Å². The molecule has 1 aromatic carbocycles. The van der Waals surface area contributed by atoms with E-state index in [1.807, 2.05) is 38.1 Å². The minimum Gasteiger partial charge on any atom is -0.497 e.